The second-order valence-corrected chi connectivity index (χ2v) is 7.11. The van der Waals surface area contributed by atoms with Crippen LogP contribution >= 0.6 is 0 Å². The van der Waals surface area contributed by atoms with E-state index in [9.17, 15) is 35.9 Å². The van der Waals surface area contributed by atoms with Gasteiger partial charge in [0, 0.05) is 30.9 Å². The monoisotopic (exact) mass is 448 g/mol. The Hall–Kier alpha value is -2.98. The highest BCUT2D eigenvalue weighted by atomic mass is 19.4. The van der Waals surface area contributed by atoms with E-state index in [0.29, 0.717) is 30.7 Å². The van der Waals surface area contributed by atoms with E-state index in [1.54, 1.807) is 22.9 Å². The molecule has 168 valence electrons. The van der Waals surface area contributed by atoms with Crippen LogP contribution in [0.4, 0.5) is 26.3 Å². The summed E-state index contributed by atoms with van der Waals surface area (Å²) in [5.41, 5.74) is -3.41. The zero-order valence-corrected chi connectivity index (χ0v) is 16.3. The van der Waals surface area contributed by atoms with E-state index in [-0.39, 0.29) is 25.2 Å². The van der Waals surface area contributed by atoms with Gasteiger partial charge >= 0.3 is 18.3 Å². The number of ether oxygens (including phenoxy) is 1. The number of likely N-dealkylation sites (tertiary alicyclic amines) is 1. The number of piperidine rings is 1. The molecule has 0 unspecified atom stereocenters. The molecule has 11 heteroatoms. The van der Waals surface area contributed by atoms with E-state index in [2.05, 4.69) is 0 Å². The molecule has 1 aliphatic rings. The summed E-state index contributed by atoms with van der Waals surface area (Å²) in [7, 11) is 1.24. The maximum Gasteiger partial charge on any atom is 0.416 e. The first-order valence-corrected chi connectivity index (χ1v) is 9.25. The number of halogens is 6. The minimum absolute atomic E-state index is 0.0105. The molecule has 1 amide bonds. The molecule has 0 radical (unpaired) electrons. The number of hydrogen-bond acceptors (Lipinski definition) is 3. The van der Waals surface area contributed by atoms with Crippen molar-refractivity contribution in [2.75, 3.05) is 20.2 Å². The van der Waals surface area contributed by atoms with Crippen molar-refractivity contribution in [1.29, 1.82) is 0 Å². The van der Waals surface area contributed by atoms with Gasteiger partial charge in [-0.05, 0) is 43.2 Å². The molecular formula is C20H18F6N2O3. The summed E-state index contributed by atoms with van der Waals surface area (Å²) in [4.78, 5) is 25.7. The number of benzene rings is 1. The van der Waals surface area contributed by atoms with Crippen LogP contribution in [0.25, 0.3) is 0 Å². The quantitative estimate of drug-likeness (QED) is 0.501. The van der Waals surface area contributed by atoms with Crippen LogP contribution in [-0.2, 0) is 17.1 Å². The predicted octanol–water partition coefficient (Wildman–Crippen LogP) is 4.79. The molecule has 1 aromatic heterocycles. The summed E-state index contributed by atoms with van der Waals surface area (Å²) < 4.78 is 84.7. The first-order valence-electron chi connectivity index (χ1n) is 9.25. The number of carbonyl (C=O) groups is 2. The molecule has 31 heavy (non-hydrogen) atoms. The van der Waals surface area contributed by atoms with Gasteiger partial charge in [0.1, 0.15) is 5.69 Å². The lowest BCUT2D eigenvalue weighted by atomic mass is 10.0. The van der Waals surface area contributed by atoms with Crippen LogP contribution < -0.4 is 0 Å². The Morgan fingerprint density at radius 2 is 1.52 bits per heavy atom. The smallest absolute Gasteiger partial charge is 0.416 e. The summed E-state index contributed by atoms with van der Waals surface area (Å²) in [5, 5.41) is 0. The second kappa shape index (κ2) is 8.27. The van der Waals surface area contributed by atoms with Gasteiger partial charge in [-0.3, -0.25) is 4.79 Å². The van der Waals surface area contributed by atoms with Crippen LogP contribution in [0.1, 0.15) is 50.9 Å². The number of carbonyl (C=O) groups excluding carboxylic acids is 2. The topological polar surface area (TPSA) is 51.5 Å². The Morgan fingerprint density at radius 3 is 2.00 bits per heavy atom. The number of esters is 1. The molecule has 0 spiro atoms. The molecule has 2 heterocycles. The van der Waals surface area contributed by atoms with Gasteiger partial charge in [-0.15, -0.1) is 0 Å². The van der Waals surface area contributed by atoms with Crippen molar-refractivity contribution < 1.29 is 40.7 Å². The Bertz CT molecular complexity index is 940. The SMILES string of the molecule is COC(=O)c1cccn1C1CCN(C(=O)c2cc(C(F)(F)F)cc(C(F)(F)F)c2)CC1. The third-order valence-corrected chi connectivity index (χ3v) is 5.15. The third kappa shape index (κ3) is 4.86. The van der Waals surface area contributed by atoms with Crippen LogP contribution in [0.3, 0.4) is 0 Å². The standard InChI is InChI=1S/C20H18F6N2O3/c1-31-18(30)16-3-2-6-28(16)15-4-7-27(8-5-15)17(29)12-9-13(19(21,22)23)11-14(10-12)20(24,25)26/h2-3,6,9-11,15H,4-5,7-8H2,1H3. The Morgan fingerprint density at radius 1 is 0.968 bits per heavy atom. The van der Waals surface area contributed by atoms with E-state index in [4.69, 9.17) is 4.74 Å². The molecule has 0 N–H and O–H groups in total. The highest BCUT2D eigenvalue weighted by Gasteiger charge is 2.38. The summed E-state index contributed by atoms with van der Waals surface area (Å²) >= 11 is 0. The lowest BCUT2D eigenvalue weighted by Crippen LogP contribution is -2.39. The normalized spacial score (nSPS) is 15.8. The lowest BCUT2D eigenvalue weighted by Gasteiger charge is -2.33. The van der Waals surface area contributed by atoms with Gasteiger partial charge < -0.3 is 14.2 Å². The van der Waals surface area contributed by atoms with E-state index in [1.807, 2.05) is 0 Å². The summed E-state index contributed by atoms with van der Waals surface area (Å²) in [6.45, 7) is 0.222. The van der Waals surface area contributed by atoms with Gasteiger partial charge in [0.25, 0.3) is 5.91 Å². The Labute approximate surface area is 173 Å². The maximum absolute atomic E-state index is 13.0. The number of alkyl halides is 6. The summed E-state index contributed by atoms with van der Waals surface area (Å²) in [6.07, 6.45) is -7.63. The third-order valence-electron chi connectivity index (χ3n) is 5.15. The van der Waals surface area contributed by atoms with Gasteiger partial charge in [-0.25, -0.2) is 4.79 Å². The predicted molar refractivity (Wildman–Crippen MR) is 96.4 cm³/mol. The lowest BCUT2D eigenvalue weighted by molar-refractivity contribution is -0.143. The molecular weight excluding hydrogens is 430 g/mol. The fourth-order valence-corrected chi connectivity index (χ4v) is 3.60. The molecule has 1 aliphatic heterocycles. The van der Waals surface area contributed by atoms with Crippen LogP contribution in [0.5, 0.6) is 0 Å². The molecule has 0 atom stereocenters. The van der Waals surface area contributed by atoms with Crippen molar-refractivity contribution in [3.05, 3.63) is 58.9 Å². The van der Waals surface area contributed by atoms with E-state index >= 15 is 0 Å². The molecule has 3 rings (SSSR count). The fraction of sp³-hybridized carbons (Fsp3) is 0.400. The first-order chi connectivity index (χ1) is 14.4. The molecule has 1 saturated heterocycles. The number of methoxy groups -OCH3 is 1. The molecule has 0 bridgehead atoms. The van der Waals surface area contributed by atoms with Crippen molar-refractivity contribution in [3.63, 3.8) is 0 Å². The number of nitrogens with zero attached hydrogens (tertiary/aromatic N) is 2. The minimum Gasteiger partial charge on any atom is -0.464 e. The van der Waals surface area contributed by atoms with Crippen molar-refractivity contribution in [2.45, 2.75) is 31.2 Å². The zero-order valence-electron chi connectivity index (χ0n) is 16.3. The van der Waals surface area contributed by atoms with E-state index in [0.717, 1.165) is 0 Å². The highest BCUT2D eigenvalue weighted by Crippen LogP contribution is 2.37. The van der Waals surface area contributed by atoms with Crippen LogP contribution in [0, 0.1) is 0 Å². The molecule has 1 fully saturated rings. The molecule has 0 saturated carbocycles. The van der Waals surface area contributed by atoms with Crippen molar-refractivity contribution in [1.82, 2.24) is 9.47 Å². The number of aromatic nitrogens is 1. The number of hydrogen-bond donors (Lipinski definition) is 0. The minimum atomic E-state index is -5.03. The number of rotatable bonds is 3. The van der Waals surface area contributed by atoms with Crippen molar-refractivity contribution >= 4 is 11.9 Å². The highest BCUT2D eigenvalue weighted by molar-refractivity contribution is 5.94. The van der Waals surface area contributed by atoms with E-state index < -0.39 is 40.9 Å². The zero-order chi connectivity index (χ0) is 23.0. The molecule has 1 aromatic carbocycles. The average molecular weight is 448 g/mol. The van der Waals surface area contributed by atoms with Crippen LogP contribution in [0.15, 0.2) is 36.5 Å². The van der Waals surface area contributed by atoms with Gasteiger partial charge in [-0.2, -0.15) is 26.3 Å². The molecule has 2 aromatic rings. The Kier molecular flexibility index (Phi) is 6.06. The van der Waals surface area contributed by atoms with Gasteiger partial charge in [-0.1, -0.05) is 0 Å². The number of amides is 1. The largest absolute Gasteiger partial charge is 0.464 e. The first kappa shape index (κ1) is 22.7. The fourth-order valence-electron chi connectivity index (χ4n) is 3.60. The van der Waals surface area contributed by atoms with Gasteiger partial charge in [0.15, 0.2) is 0 Å². The average Bonchev–Trinajstić information content (AvgIpc) is 3.21. The second-order valence-electron chi connectivity index (χ2n) is 7.11. The van der Waals surface area contributed by atoms with E-state index in [1.165, 1.54) is 12.0 Å². The molecule has 0 aliphatic carbocycles. The van der Waals surface area contributed by atoms with Crippen LogP contribution in [0.2, 0.25) is 0 Å². The molecule has 5 nitrogen and oxygen atoms in total. The van der Waals surface area contributed by atoms with Crippen LogP contribution in [-0.4, -0.2) is 41.5 Å². The summed E-state index contributed by atoms with van der Waals surface area (Å²) in [5.74, 6) is -1.44. The van der Waals surface area contributed by atoms with Crippen molar-refractivity contribution in [3.8, 4) is 0 Å². The van der Waals surface area contributed by atoms with Gasteiger partial charge in [0.05, 0.1) is 18.2 Å². The Balaban J connectivity index is 1.80. The van der Waals surface area contributed by atoms with Crippen molar-refractivity contribution in [2.24, 2.45) is 0 Å². The maximum atomic E-state index is 13.0. The van der Waals surface area contributed by atoms with Gasteiger partial charge in [0.2, 0.25) is 0 Å². The summed E-state index contributed by atoms with van der Waals surface area (Å²) in [6, 6.07) is 3.93.